The number of aliphatic hydroxyl groups is 1. The molecular formula is C21H27NO4. The van der Waals surface area contributed by atoms with Gasteiger partial charge in [-0.1, -0.05) is 18.2 Å². The van der Waals surface area contributed by atoms with Gasteiger partial charge in [0.2, 0.25) is 0 Å². The number of ether oxygens (including phenoxy) is 1. The lowest BCUT2D eigenvalue weighted by Crippen LogP contribution is -2.59. The first-order valence-corrected chi connectivity index (χ1v) is 9.47. The van der Waals surface area contributed by atoms with Crippen LogP contribution in [0.4, 0.5) is 4.79 Å². The van der Waals surface area contributed by atoms with E-state index in [4.69, 9.17) is 9.15 Å². The average Bonchev–Trinajstić information content (AvgIpc) is 2.97. The molecule has 2 aliphatic rings. The number of hydrogen-bond donors (Lipinski definition) is 1. The van der Waals surface area contributed by atoms with E-state index in [0.717, 1.165) is 35.8 Å². The highest BCUT2D eigenvalue weighted by Crippen LogP contribution is 2.46. The fourth-order valence-electron chi connectivity index (χ4n) is 4.60. The molecule has 2 aliphatic heterocycles. The van der Waals surface area contributed by atoms with E-state index in [1.54, 1.807) is 6.26 Å². The van der Waals surface area contributed by atoms with Crippen LogP contribution in [0.2, 0.25) is 0 Å². The number of piperidine rings is 2. The number of para-hydroxylation sites is 1. The van der Waals surface area contributed by atoms with E-state index in [2.05, 4.69) is 0 Å². The van der Waals surface area contributed by atoms with Crippen molar-refractivity contribution in [3.05, 3.63) is 36.1 Å². The van der Waals surface area contributed by atoms with E-state index >= 15 is 0 Å². The van der Waals surface area contributed by atoms with Crippen LogP contribution in [-0.4, -0.2) is 33.8 Å². The molecule has 0 radical (unpaired) electrons. The predicted molar refractivity (Wildman–Crippen MR) is 98.8 cm³/mol. The molecule has 0 saturated carbocycles. The largest absolute Gasteiger partial charge is 0.464 e. The standard InChI is InChI=1S/C21H27NO4/c1-20(2,3)26-19(23)22-14-7-6-8-15(22)12-21(24,11-14)17-13-25-18-10-5-4-9-16(17)18/h4-5,9-10,13-15,24H,6-8,11-12H2,1-3H3. The van der Waals surface area contributed by atoms with Gasteiger partial charge >= 0.3 is 6.09 Å². The fourth-order valence-corrected chi connectivity index (χ4v) is 4.60. The van der Waals surface area contributed by atoms with Gasteiger partial charge in [0.15, 0.2) is 0 Å². The van der Waals surface area contributed by atoms with Gasteiger partial charge in [-0.05, 0) is 46.1 Å². The summed E-state index contributed by atoms with van der Waals surface area (Å²) in [6.45, 7) is 5.66. The average molecular weight is 357 g/mol. The van der Waals surface area contributed by atoms with Crippen molar-refractivity contribution in [3.8, 4) is 0 Å². The lowest BCUT2D eigenvalue weighted by Gasteiger charge is -2.51. The third-order valence-electron chi connectivity index (χ3n) is 5.59. The van der Waals surface area contributed by atoms with Gasteiger partial charge in [0.1, 0.15) is 11.2 Å². The molecule has 4 rings (SSSR count). The van der Waals surface area contributed by atoms with Gasteiger partial charge in [-0.15, -0.1) is 0 Å². The molecule has 140 valence electrons. The van der Waals surface area contributed by atoms with E-state index in [0.29, 0.717) is 12.8 Å². The Labute approximate surface area is 153 Å². The highest BCUT2D eigenvalue weighted by molar-refractivity contribution is 5.82. The SMILES string of the molecule is CC(C)(C)OC(=O)N1C2CCCC1CC(O)(c1coc3ccccc13)C2. The van der Waals surface area contributed by atoms with Gasteiger partial charge in [-0.25, -0.2) is 4.79 Å². The van der Waals surface area contributed by atoms with Gasteiger partial charge in [0, 0.05) is 35.9 Å². The van der Waals surface area contributed by atoms with Gasteiger partial charge < -0.3 is 19.2 Å². The van der Waals surface area contributed by atoms with Crippen molar-refractivity contribution in [3.63, 3.8) is 0 Å². The summed E-state index contributed by atoms with van der Waals surface area (Å²) in [5.74, 6) is 0. The second kappa shape index (κ2) is 6.02. The van der Waals surface area contributed by atoms with E-state index in [1.807, 2.05) is 49.9 Å². The van der Waals surface area contributed by atoms with Crippen molar-refractivity contribution in [1.82, 2.24) is 4.90 Å². The molecule has 2 atom stereocenters. The third kappa shape index (κ3) is 2.98. The Balaban J connectivity index is 1.64. The highest BCUT2D eigenvalue weighted by Gasteiger charge is 2.50. The van der Waals surface area contributed by atoms with Gasteiger partial charge in [0.05, 0.1) is 11.9 Å². The molecule has 2 bridgehead atoms. The molecule has 1 aromatic heterocycles. The monoisotopic (exact) mass is 357 g/mol. The van der Waals surface area contributed by atoms with Crippen LogP contribution < -0.4 is 0 Å². The summed E-state index contributed by atoms with van der Waals surface area (Å²) < 4.78 is 11.3. The van der Waals surface area contributed by atoms with Crippen LogP contribution in [-0.2, 0) is 10.3 Å². The number of benzene rings is 1. The van der Waals surface area contributed by atoms with Gasteiger partial charge in [-0.3, -0.25) is 0 Å². The minimum absolute atomic E-state index is 0.00369. The molecule has 3 heterocycles. The maximum Gasteiger partial charge on any atom is 0.410 e. The zero-order valence-electron chi connectivity index (χ0n) is 15.7. The van der Waals surface area contributed by atoms with E-state index in [1.165, 1.54) is 0 Å². The normalized spacial score (nSPS) is 29.0. The summed E-state index contributed by atoms with van der Waals surface area (Å²) in [5, 5.41) is 12.5. The van der Waals surface area contributed by atoms with Gasteiger partial charge in [-0.2, -0.15) is 0 Å². The Morgan fingerprint density at radius 3 is 2.54 bits per heavy atom. The van der Waals surface area contributed by atoms with Crippen LogP contribution >= 0.6 is 0 Å². The summed E-state index contributed by atoms with van der Waals surface area (Å²) >= 11 is 0. The van der Waals surface area contributed by atoms with Crippen LogP contribution in [0.5, 0.6) is 0 Å². The van der Waals surface area contributed by atoms with E-state index in [9.17, 15) is 9.90 Å². The summed E-state index contributed by atoms with van der Waals surface area (Å²) in [6, 6.07) is 7.79. The molecule has 2 fully saturated rings. The van der Waals surface area contributed by atoms with Crippen LogP contribution in [0.1, 0.15) is 58.4 Å². The first-order valence-electron chi connectivity index (χ1n) is 9.47. The van der Waals surface area contributed by atoms with Gasteiger partial charge in [0.25, 0.3) is 0 Å². The molecule has 0 spiro atoms. The van der Waals surface area contributed by atoms with E-state index < -0.39 is 11.2 Å². The third-order valence-corrected chi connectivity index (χ3v) is 5.59. The minimum Gasteiger partial charge on any atom is -0.464 e. The molecule has 26 heavy (non-hydrogen) atoms. The Hall–Kier alpha value is -2.01. The second-order valence-electron chi connectivity index (χ2n) is 8.71. The van der Waals surface area contributed by atoms with Crippen LogP contribution in [0.15, 0.2) is 34.9 Å². The summed E-state index contributed by atoms with van der Waals surface area (Å²) in [7, 11) is 0. The summed E-state index contributed by atoms with van der Waals surface area (Å²) in [5.41, 5.74) is 0.144. The molecule has 5 heteroatoms. The number of carbonyl (C=O) groups excluding carboxylic acids is 1. The number of nitrogens with zero attached hydrogens (tertiary/aromatic N) is 1. The van der Waals surface area contributed by atoms with Crippen molar-refractivity contribution in [2.45, 2.75) is 76.2 Å². The van der Waals surface area contributed by atoms with Crippen molar-refractivity contribution >= 4 is 17.1 Å². The molecule has 1 amide bonds. The first-order chi connectivity index (χ1) is 12.3. The molecule has 5 nitrogen and oxygen atoms in total. The fraction of sp³-hybridized carbons (Fsp3) is 0.571. The Kier molecular flexibility index (Phi) is 4.03. The lowest BCUT2D eigenvalue weighted by molar-refractivity contribution is -0.0961. The number of rotatable bonds is 1. The highest BCUT2D eigenvalue weighted by atomic mass is 16.6. The second-order valence-corrected chi connectivity index (χ2v) is 8.71. The summed E-state index contributed by atoms with van der Waals surface area (Å²) in [6.07, 6.45) is 5.34. The molecule has 1 aromatic carbocycles. The first kappa shape index (κ1) is 17.4. The number of furan rings is 1. The predicted octanol–water partition coefficient (Wildman–Crippen LogP) is 4.57. The molecule has 2 unspecified atom stereocenters. The summed E-state index contributed by atoms with van der Waals surface area (Å²) in [4.78, 5) is 14.6. The molecule has 2 aromatic rings. The lowest BCUT2D eigenvalue weighted by atomic mass is 9.72. The Bertz CT molecular complexity index is 805. The quantitative estimate of drug-likeness (QED) is 0.812. The van der Waals surface area contributed by atoms with Crippen LogP contribution in [0.25, 0.3) is 11.0 Å². The van der Waals surface area contributed by atoms with Crippen molar-refractivity contribution in [2.75, 3.05) is 0 Å². The minimum atomic E-state index is -0.971. The van der Waals surface area contributed by atoms with Crippen LogP contribution in [0.3, 0.4) is 0 Å². The number of amides is 1. The zero-order valence-corrected chi connectivity index (χ0v) is 15.7. The smallest absolute Gasteiger partial charge is 0.410 e. The topological polar surface area (TPSA) is 62.9 Å². The van der Waals surface area contributed by atoms with Crippen molar-refractivity contribution in [2.24, 2.45) is 0 Å². The Morgan fingerprint density at radius 1 is 1.23 bits per heavy atom. The number of carbonyl (C=O) groups is 1. The maximum atomic E-state index is 12.7. The number of fused-ring (bicyclic) bond motifs is 3. The van der Waals surface area contributed by atoms with Crippen molar-refractivity contribution in [1.29, 1.82) is 0 Å². The number of hydrogen-bond acceptors (Lipinski definition) is 4. The molecule has 0 aliphatic carbocycles. The maximum absolute atomic E-state index is 12.7. The van der Waals surface area contributed by atoms with Crippen molar-refractivity contribution < 1.29 is 19.1 Å². The zero-order chi connectivity index (χ0) is 18.5. The van der Waals surface area contributed by atoms with E-state index in [-0.39, 0.29) is 18.2 Å². The molecule has 2 saturated heterocycles. The van der Waals surface area contributed by atoms with Crippen LogP contribution in [0, 0.1) is 0 Å². The Morgan fingerprint density at radius 2 is 1.88 bits per heavy atom. The molecule has 1 N–H and O–H groups in total. The molecular weight excluding hydrogens is 330 g/mol.